The Balaban J connectivity index is 1.68. The minimum Gasteiger partial charge on any atom is -0.491 e. The van der Waals surface area contributed by atoms with E-state index in [9.17, 15) is 9.59 Å². The fourth-order valence-corrected chi connectivity index (χ4v) is 2.90. The van der Waals surface area contributed by atoms with Gasteiger partial charge in [0.1, 0.15) is 12.4 Å². The van der Waals surface area contributed by atoms with Crippen LogP contribution in [0.4, 0.5) is 0 Å². The van der Waals surface area contributed by atoms with E-state index >= 15 is 0 Å². The number of carbonyl (C=O) groups excluding carboxylic acids is 2. The number of piperidine rings is 1. The summed E-state index contributed by atoms with van der Waals surface area (Å²) in [5.74, 6) is 1.02. The number of likely N-dealkylation sites (tertiary alicyclic amines) is 1. The zero-order chi connectivity index (χ0) is 16.8. The molecule has 0 aromatic heterocycles. The molecule has 1 aliphatic rings. The van der Waals surface area contributed by atoms with Crippen molar-refractivity contribution in [2.45, 2.75) is 33.6 Å². The van der Waals surface area contributed by atoms with Gasteiger partial charge in [0.2, 0.25) is 11.8 Å². The van der Waals surface area contributed by atoms with Gasteiger partial charge in [-0.15, -0.1) is 0 Å². The first kappa shape index (κ1) is 17.3. The van der Waals surface area contributed by atoms with Crippen LogP contribution in [0.1, 0.15) is 30.9 Å². The lowest BCUT2D eigenvalue weighted by atomic mass is 9.96. The van der Waals surface area contributed by atoms with E-state index in [4.69, 9.17) is 4.74 Å². The molecule has 1 N–H and O–H groups in total. The second kappa shape index (κ2) is 7.99. The average molecular weight is 318 g/mol. The third kappa shape index (κ3) is 4.98. The molecule has 1 aromatic rings. The third-order valence-corrected chi connectivity index (χ3v) is 4.30. The average Bonchev–Trinajstić information content (AvgIpc) is 2.53. The second-order valence-electron chi connectivity index (χ2n) is 6.19. The van der Waals surface area contributed by atoms with E-state index in [2.05, 4.69) is 18.3 Å². The van der Waals surface area contributed by atoms with Crippen LogP contribution >= 0.6 is 0 Å². The fourth-order valence-electron chi connectivity index (χ4n) is 2.90. The standard InChI is InChI=1S/C18H26N2O3/c1-13-4-5-17(14(2)12-13)23-11-8-19-18(22)16-6-9-20(10-7-16)15(3)21/h4-5,12,16H,6-11H2,1-3H3,(H,19,22). The summed E-state index contributed by atoms with van der Waals surface area (Å²) in [5, 5.41) is 2.93. The van der Waals surface area contributed by atoms with E-state index in [0.717, 1.165) is 24.2 Å². The predicted molar refractivity (Wildman–Crippen MR) is 89.4 cm³/mol. The van der Waals surface area contributed by atoms with Gasteiger partial charge >= 0.3 is 0 Å². The fraction of sp³-hybridized carbons (Fsp3) is 0.556. The highest BCUT2D eigenvalue weighted by atomic mass is 16.5. The summed E-state index contributed by atoms with van der Waals surface area (Å²) in [6.45, 7) is 7.95. The number of nitrogens with zero attached hydrogens (tertiary/aromatic N) is 1. The van der Waals surface area contributed by atoms with Crippen molar-refractivity contribution in [2.75, 3.05) is 26.2 Å². The van der Waals surface area contributed by atoms with Crippen LogP contribution in [0.2, 0.25) is 0 Å². The van der Waals surface area contributed by atoms with Crippen LogP contribution in [0.25, 0.3) is 0 Å². The number of benzene rings is 1. The van der Waals surface area contributed by atoms with Gasteiger partial charge in [0.05, 0.1) is 6.54 Å². The Kier molecular flexibility index (Phi) is 6.02. The molecule has 1 aliphatic heterocycles. The molecular weight excluding hydrogens is 292 g/mol. The van der Waals surface area contributed by atoms with Gasteiger partial charge in [-0.2, -0.15) is 0 Å². The summed E-state index contributed by atoms with van der Waals surface area (Å²) < 4.78 is 5.71. The van der Waals surface area contributed by atoms with E-state index in [-0.39, 0.29) is 17.7 Å². The second-order valence-corrected chi connectivity index (χ2v) is 6.19. The summed E-state index contributed by atoms with van der Waals surface area (Å²) in [6.07, 6.45) is 1.48. The Morgan fingerprint density at radius 1 is 1.26 bits per heavy atom. The van der Waals surface area contributed by atoms with Crippen LogP contribution in [0.3, 0.4) is 0 Å². The molecule has 0 saturated carbocycles. The third-order valence-electron chi connectivity index (χ3n) is 4.30. The zero-order valence-corrected chi connectivity index (χ0v) is 14.2. The number of hydrogen-bond acceptors (Lipinski definition) is 3. The van der Waals surface area contributed by atoms with Crippen molar-refractivity contribution in [3.8, 4) is 5.75 Å². The summed E-state index contributed by atoms with van der Waals surface area (Å²) >= 11 is 0. The van der Waals surface area contributed by atoms with E-state index < -0.39 is 0 Å². The van der Waals surface area contributed by atoms with Gasteiger partial charge < -0.3 is 15.0 Å². The minimum absolute atomic E-state index is 0.00621. The van der Waals surface area contributed by atoms with Crippen LogP contribution in [-0.4, -0.2) is 43.0 Å². The molecule has 0 bridgehead atoms. The molecule has 126 valence electrons. The molecule has 0 unspecified atom stereocenters. The first-order valence-corrected chi connectivity index (χ1v) is 8.20. The van der Waals surface area contributed by atoms with Crippen molar-refractivity contribution < 1.29 is 14.3 Å². The van der Waals surface area contributed by atoms with Crippen LogP contribution in [-0.2, 0) is 9.59 Å². The number of aryl methyl sites for hydroxylation is 2. The lowest BCUT2D eigenvalue weighted by Gasteiger charge is -2.30. The lowest BCUT2D eigenvalue weighted by Crippen LogP contribution is -2.42. The molecule has 1 heterocycles. The zero-order valence-electron chi connectivity index (χ0n) is 14.2. The molecule has 2 rings (SSSR count). The molecule has 23 heavy (non-hydrogen) atoms. The highest BCUT2D eigenvalue weighted by Crippen LogP contribution is 2.19. The molecule has 1 saturated heterocycles. The molecule has 1 aromatic carbocycles. The van der Waals surface area contributed by atoms with Crippen molar-refractivity contribution in [1.82, 2.24) is 10.2 Å². The Labute approximate surface area is 138 Å². The van der Waals surface area contributed by atoms with E-state index in [1.165, 1.54) is 5.56 Å². The van der Waals surface area contributed by atoms with E-state index in [0.29, 0.717) is 26.2 Å². The molecule has 5 heteroatoms. The van der Waals surface area contributed by atoms with E-state index in [1.807, 2.05) is 19.1 Å². The Morgan fingerprint density at radius 3 is 2.57 bits per heavy atom. The molecule has 1 fully saturated rings. The Morgan fingerprint density at radius 2 is 1.96 bits per heavy atom. The molecule has 0 aliphatic carbocycles. The summed E-state index contributed by atoms with van der Waals surface area (Å²) in [4.78, 5) is 25.2. The SMILES string of the molecule is CC(=O)N1CCC(C(=O)NCCOc2ccc(C)cc2C)CC1. The van der Waals surface area contributed by atoms with E-state index in [1.54, 1.807) is 11.8 Å². The van der Waals surface area contributed by atoms with Gasteiger partial charge in [-0.25, -0.2) is 0 Å². The van der Waals surface area contributed by atoms with Crippen LogP contribution < -0.4 is 10.1 Å². The minimum atomic E-state index is 0.00621. The highest BCUT2D eigenvalue weighted by molar-refractivity contribution is 5.79. The molecule has 0 atom stereocenters. The first-order chi connectivity index (χ1) is 11.0. The smallest absolute Gasteiger partial charge is 0.223 e. The summed E-state index contributed by atoms with van der Waals surface area (Å²) in [6, 6.07) is 6.06. The van der Waals surface area contributed by atoms with Crippen LogP contribution in [0, 0.1) is 19.8 Å². The van der Waals surface area contributed by atoms with Crippen molar-refractivity contribution in [3.05, 3.63) is 29.3 Å². The van der Waals surface area contributed by atoms with Crippen molar-refractivity contribution >= 4 is 11.8 Å². The van der Waals surface area contributed by atoms with Gasteiger partial charge in [-0.1, -0.05) is 17.7 Å². The molecule has 5 nitrogen and oxygen atoms in total. The number of amides is 2. The quantitative estimate of drug-likeness (QED) is 0.846. The molecular formula is C18H26N2O3. The van der Waals surface area contributed by atoms with Crippen LogP contribution in [0.5, 0.6) is 5.75 Å². The first-order valence-electron chi connectivity index (χ1n) is 8.20. The topological polar surface area (TPSA) is 58.6 Å². The normalized spacial score (nSPS) is 15.3. The van der Waals surface area contributed by atoms with Gasteiger partial charge in [-0.3, -0.25) is 9.59 Å². The number of hydrogen-bond donors (Lipinski definition) is 1. The summed E-state index contributed by atoms with van der Waals surface area (Å²) in [5.41, 5.74) is 2.31. The number of nitrogens with one attached hydrogen (secondary N) is 1. The monoisotopic (exact) mass is 318 g/mol. The molecule has 2 amide bonds. The van der Waals surface area contributed by atoms with Crippen molar-refractivity contribution in [2.24, 2.45) is 5.92 Å². The maximum absolute atomic E-state index is 12.1. The van der Waals surface area contributed by atoms with Gasteiger partial charge in [0.15, 0.2) is 0 Å². The molecule has 0 radical (unpaired) electrons. The number of ether oxygens (including phenoxy) is 1. The Hall–Kier alpha value is -2.04. The number of rotatable bonds is 5. The van der Waals surface area contributed by atoms with Gasteiger partial charge in [0.25, 0.3) is 0 Å². The van der Waals surface area contributed by atoms with Crippen LogP contribution in [0.15, 0.2) is 18.2 Å². The van der Waals surface area contributed by atoms with Gasteiger partial charge in [0, 0.05) is 25.9 Å². The summed E-state index contributed by atoms with van der Waals surface area (Å²) in [7, 11) is 0. The molecule has 0 spiro atoms. The largest absolute Gasteiger partial charge is 0.491 e. The lowest BCUT2D eigenvalue weighted by molar-refractivity contribution is -0.133. The predicted octanol–water partition coefficient (Wildman–Crippen LogP) is 2.06. The van der Waals surface area contributed by atoms with Crippen molar-refractivity contribution in [3.63, 3.8) is 0 Å². The number of carbonyl (C=O) groups is 2. The Bertz CT molecular complexity index is 563. The maximum atomic E-state index is 12.1. The van der Waals surface area contributed by atoms with Gasteiger partial charge in [-0.05, 0) is 38.3 Å². The van der Waals surface area contributed by atoms with Crippen molar-refractivity contribution in [1.29, 1.82) is 0 Å². The highest BCUT2D eigenvalue weighted by Gasteiger charge is 2.25. The maximum Gasteiger partial charge on any atom is 0.223 e.